The van der Waals surface area contributed by atoms with Crippen LogP contribution < -0.4 is 5.32 Å². The molecular weight excluding hydrogens is 222 g/mol. The van der Waals surface area contributed by atoms with Gasteiger partial charge in [0.1, 0.15) is 0 Å². The summed E-state index contributed by atoms with van der Waals surface area (Å²) in [7, 11) is 4.06. The fourth-order valence-corrected chi connectivity index (χ4v) is 3.15. The van der Waals surface area contributed by atoms with Crippen LogP contribution in [0.5, 0.6) is 0 Å². The molecule has 16 heavy (non-hydrogen) atoms. The highest BCUT2D eigenvalue weighted by Gasteiger charge is 2.24. The average Bonchev–Trinajstić information content (AvgIpc) is 2.92. The lowest BCUT2D eigenvalue weighted by atomic mass is 10.0. The number of thioether (sulfide) groups is 1. The summed E-state index contributed by atoms with van der Waals surface area (Å²) >= 11 is 1.81. The van der Waals surface area contributed by atoms with Gasteiger partial charge in [-0.2, -0.15) is 0 Å². The van der Waals surface area contributed by atoms with Crippen LogP contribution in [0.3, 0.4) is 0 Å². The summed E-state index contributed by atoms with van der Waals surface area (Å²) in [6.45, 7) is 1.81. The SMILES string of the molecule is CNC(CSc1nccn1C)C1CCOC1. The first kappa shape index (κ1) is 12.0. The summed E-state index contributed by atoms with van der Waals surface area (Å²) in [6, 6.07) is 0.518. The molecule has 4 nitrogen and oxygen atoms in total. The molecule has 1 aromatic rings. The Hall–Kier alpha value is -0.520. The summed E-state index contributed by atoms with van der Waals surface area (Å²) < 4.78 is 7.49. The maximum Gasteiger partial charge on any atom is 0.167 e. The number of rotatable bonds is 5. The van der Waals surface area contributed by atoms with Gasteiger partial charge in [-0.3, -0.25) is 0 Å². The third kappa shape index (κ3) is 2.78. The molecular formula is C11H19N3OS. The Kier molecular flexibility index (Phi) is 4.26. The zero-order chi connectivity index (χ0) is 11.4. The van der Waals surface area contributed by atoms with Crippen LogP contribution in [-0.2, 0) is 11.8 Å². The molecule has 0 radical (unpaired) electrons. The Morgan fingerprint density at radius 3 is 3.19 bits per heavy atom. The Morgan fingerprint density at radius 2 is 2.62 bits per heavy atom. The molecule has 2 rings (SSSR count). The molecule has 1 aliphatic heterocycles. The lowest BCUT2D eigenvalue weighted by molar-refractivity contribution is 0.179. The summed E-state index contributed by atoms with van der Waals surface area (Å²) in [5, 5.41) is 4.47. The van der Waals surface area contributed by atoms with Crippen molar-refractivity contribution in [3.05, 3.63) is 12.4 Å². The van der Waals surface area contributed by atoms with Gasteiger partial charge in [0.05, 0.1) is 6.61 Å². The third-order valence-corrected chi connectivity index (χ3v) is 4.25. The van der Waals surface area contributed by atoms with Gasteiger partial charge in [-0.25, -0.2) is 4.98 Å². The zero-order valence-corrected chi connectivity index (χ0v) is 10.7. The van der Waals surface area contributed by atoms with Gasteiger partial charge >= 0.3 is 0 Å². The van der Waals surface area contributed by atoms with Crippen LogP contribution in [0.4, 0.5) is 0 Å². The fraction of sp³-hybridized carbons (Fsp3) is 0.727. The van der Waals surface area contributed by atoms with Crippen molar-refractivity contribution in [3.63, 3.8) is 0 Å². The highest BCUT2D eigenvalue weighted by Crippen LogP contribution is 2.22. The first-order valence-corrected chi connectivity index (χ1v) is 6.65. The molecule has 1 saturated heterocycles. The number of hydrogen-bond acceptors (Lipinski definition) is 4. The molecule has 1 fully saturated rings. The van der Waals surface area contributed by atoms with E-state index in [9.17, 15) is 0 Å². The number of imidazole rings is 1. The lowest BCUT2D eigenvalue weighted by Crippen LogP contribution is -2.36. The van der Waals surface area contributed by atoms with E-state index in [-0.39, 0.29) is 0 Å². The van der Waals surface area contributed by atoms with E-state index in [0.717, 1.165) is 24.1 Å². The smallest absolute Gasteiger partial charge is 0.167 e. The van der Waals surface area contributed by atoms with E-state index in [1.165, 1.54) is 6.42 Å². The molecule has 5 heteroatoms. The van der Waals surface area contributed by atoms with E-state index >= 15 is 0 Å². The summed E-state index contributed by atoms with van der Waals surface area (Å²) in [5.41, 5.74) is 0. The molecule has 1 aromatic heterocycles. The zero-order valence-electron chi connectivity index (χ0n) is 9.85. The third-order valence-electron chi connectivity index (χ3n) is 3.07. The second-order valence-corrected chi connectivity index (χ2v) is 5.14. The van der Waals surface area contributed by atoms with Crippen molar-refractivity contribution in [1.29, 1.82) is 0 Å². The van der Waals surface area contributed by atoms with E-state index < -0.39 is 0 Å². The van der Waals surface area contributed by atoms with Crippen molar-refractivity contribution < 1.29 is 4.74 Å². The minimum absolute atomic E-state index is 0.518. The topological polar surface area (TPSA) is 39.1 Å². The number of ether oxygens (including phenoxy) is 1. The number of aromatic nitrogens is 2. The number of nitrogens with one attached hydrogen (secondary N) is 1. The molecule has 0 aromatic carbocycles. The molecule has 0 bridgehead atoms. The maximum atomic E-state index is 5.43. The molecule has 0 amide bonds. The van der Waals surface area contributed by atoms with Crippen molar-refractivity contribution in [2.75, 3.05) is 26.0 Å². The Balaban J connectivity index is 1.85. The molecule has 90 valence electrons. The molecule has 2 heterocycles. The van der Waals surface area contributed by atoms with Crippen LogP contribution >= 0.6 is 11.8 Å². The predicted molar refractivity (Wildman–Crippen MR) is 65.7 cm³/mol. The monoisotopic (exact) mass is 241 g/mol. The van der Waals surface area contributed by atoms with Crippen LogP contribution in [0.1, 0.15) is 6.42 Å². The number of hydrogen-bond donors (Lipinski definition) is 1. The summed E-state index contributed by atoms with van der Waals surface area (Å²) in [4.78, 5) is 4.32. The van der Waals surface area contributed by atoms with Crippen LogP contribution in [0.2, 0.25) is 0 Å². The van der Waals surface area contributed by atoms with Gasteiger partial charge < -0.3 is 14.6 Å². The molecule has 2 unspecified atom stereocenters. The van der Waals surface area contributed by atoms with Crippen molar-refractivity contribution in [3.8, 4) is 0 Å². The molecule has 0 aliphatic carbocycles. The Labute approximate surface area is 101 Å². The molecule has 1 aliphatic rings. The number of nitrogens with zero attached hydrogens (tertiary/aromatic N) is 2. The second kappa shape index (κ2) is 5.70. The van der Waals surface area contributed by atoms with Crippen molar-refractivity contribution >= 4 is 11.8 Å². The Morgan fingerprint density at radius 1 is 1.75 bits per heavy atom. The molecule has 0 spiro atoms. The first-order chi connectivity index (χ1) is 7.81. The van der Waals surface area contributed by atoms with E-state index in [2.05, 4.69) is 14.9 Å². The minimum Gasteiger partial charge on any atom is -0.381 e. The highest BCUT2D eigenvalue weighted by molar-refractivity contribution is 7.99. The van der Waals surface area contributed by atoms with E-state index in [1.54, 1.807) is 0 Å². The quantitative estimate of drug-likeness (QED) is 0.785. The van der Waals surface area contributed by atoms with Gasteiger partial charge in [-0.05, 0) is 13.5 Å². The van der Waals surface area contributed by atoms with Gasteiger partial charge in [-0.15, -0.1) is 0 Å². The van der Waals surface area contributed by atoms with Gasteiger partial charge in [0.25, 0.3) is 0 Å². The van der Waals surface area contributed by atoms with Crippen molar-refractivity contribution in [2.45, 2.75) is 17.6 Å². The normalized spacial score (nSPS) is 22.5. The number of aryl methyl sites for hydroxylation is 1. The standard InChI is InChI=1S/C11H19N3OS/c1-12-10(9-3-6-15-7-9)8-16-11-13-4-5-14(11)2/h4-5,9-10,12H,3,6-8H2,1-2H3. The minimum atomic E-state index is 0.518. The van der Waals surface area contributed by atoms with Crippen molar-refractivity contribution in [1.82, 2.24) is 14.9 Å². The fourth-order valence-electron chi connectivity index (χ4n) is 1.98. The molecule has 2 atom stereocenters. The van der Waals surface area contributed by atoms with E-state index in [0.29, 0.717) is 12.0 Å². The summed E-state index contributed by atoms with van der Waals surface area (Å²) in [5.74, 6) is 1.70. The first-order valence-electron chi connectivity index (χ1n) is 5.66. The second-order valence-electron chi connectivity index (χ2n) is 4.15. The van der Waals surface area contributed by atoms with E-state index in [4.69, 9.17) is 4.74 Å². The van der Waals surface area contributed by atoms with Crippen LogP contribution in [0.25, 0.3) is 0 Å². The van der Waals surface area contributed by atoms with Gasteiger partial charge in [0.2, 0.25) is 0 Å². The van der Waals surface area contributed by atoms with E-state index in [1.807, 2.05) is 38.3 Å². The predicted octanol–water partition coefficient (Wildman–Crippen LogP) is 1.14. The van der Waals surface area contributed by atoms with Gasteiger partial charge in [0.15, 0.2) is 5.16 Å². The Bertz CT molecular complexity index is 323. The van der Waals surface area contributed by atoms with Gasteiger partial charge in [0, 0.05) is 43.8 Å². The van der Waals surface area contributed by atoms with Crippen LogP contribution in [0.15, 0.2) is 17.6 Å². The van der Waals surface area contributed by atoms with Gasteiger partial charge in [-0.1, -0.05) is 11.8 Å². The van der Waals surface area contributed by atoms with Crippen LogP contribution in [-0.4, -0.2) is 41.6 Å². The maximum absolute atomic E-state index is 5.43. The average molecular weight is 241 g/mol. The lowest BCUT2D eigenvalue weighted by Gasteiger charge is -2.21. The molecule has 0 saturated carbocycles. The van der Waals surface area contributed by atoms with Crippen molar-refractivity contribution in [2.24, 2.45) is 13.0 Å². The largest absolute Gasteiger partial charge is 0.381 e. The summed E-state index contributed by atoms with van der Waals surface area (Å²) in [6.07, 6.45) is 5.00. The highest BCUT2D eigenvalue weighted by atomic mass is 32.2. The van der Waals surface area contributed by atoms with Crippen LogP contribution in [0, 0.1) is 5.92 Å². The molecule has 1 N–H and O–H groups in total.